The Hall–Kier alpha value is -3.49. The Morgan fingerprint density at radius 3 is 1.50 bits per heavy atom. The third-order valence-electron chi connectivity index (χ3n) is 4.68. The molecule has 30 heavy (non-hydrogen) atoms. The lowest BCUT2D eigenvalue weighted by Crippen LogP contribution is -2.34. The van der Waals surface area contributed by atoms with Crippen molar-refractivity contribution in [2.24, 2.45) is 0 Å². The van der Waals surface area contributed by atoms with Crippen molar-refractivity contribution in [3.05, 3.63) is 132 Å². The first-order valence-electron chi connectivity index (χ1n) is 10.1. The van der Waals surface area contributed by atoms with Gasteiger partial charge < -0.3 is 0 Å². The van der Waals surface area contributed by atoms with Gasteiger partial charge in [-0.1, -0.05) is 121 Å². The molecule has 0 amide bonds. The van der Waals surface area contributed by atoms with Crippen molar-refractivity contribution < 1.29 is 4.79 Å². The summed E-state index contributed by atoms with van der Waals surface area (Å²) in [7, 11) is 2.03. The number of carbonyl (C=O) groups excluding carboxylic acids is 1. The van der Waals surface area contributed by atoms with E-state index in [1.54, 1.807) is 0 Å². The number of rotatable bonds is 6. The third kappa shape index (κ3) is 6.84. The van der Waals surface area contributed by atoms with Crippen LogP contribution in [0.15, 0.2) is 120 Å². The summed E-state index contributed by atoms with van der Waals surface area (Å²) >= 11 is 0. The molecule has 0 spiro atoms. The van der Waals surface area contributed by atoms with Gasteiger partial charge in [0, 0.05) is 24.2 Å². The maximum Gasteiger partial charge on any atom is 0.187 e. The summed E-state index contributed by atoms with van der Waals surface area (Å²) in [5, 5.41) is 0. The quantitative estimate of drug-likeness (QED) is 0.450. The summed E-state index contributed by atoms with van der Waals surface area (Å²) < 4.78 is 0. The molecule has 0 unspecified atom stereocenters. The lowest BCUT2D eigenvalue weighted by Gasteiger charge is -2.25. The number of likely N-dealkylation sites (N-methyl/N-ethyl adjacent to an activating group) is 1. The van der Waals surface area contributed by atoms with Gasteiger partial charge in [-0.25, -0.2) is 0 Å². The molecular weight excluding hydrogens is 366 g/mol. The Bertz CT molecular complexity index is 924. The van der Waals surface area contributed by atoms with E-state index < -0.39 is 0 Å². The van der Waals surface area contributed by atoms with Crippen LogP contribution in [0.5, 0.6) is 0 Å². The van der Waals surface area contributed by atoms with Crippen LogP contribution in [0.1, 0.15) is 11.1 Å². The fourth-order valence-corrected chi connectivity index (χ4v) is 3.18. The standard InChI is InChI=1S/C28H27NO/c1-29-22-26(20-12-4-10-18-24-14-6-2-7-15-24)28(30)27(23-29)21-13-5-11-19-25-16-8-3-9-17-25/h2-21H,22-23H2,1H3/b12-4+,13-5+,18-10+,19-11+,26-20-,27-21+. The second kappa shape index (κ2) is 11.5. The van der Waals surface area contributed by atoms with Gasteiger partial charge in [0.1, 0.15) is 0 Å². The molecule has 1 saturated heterocycles. The summed E-state index contributed by atoms with van der Waals surface area (Å²) in [6.07, 6.45) is 19.7. The van der Waals surface area contributed by atoms with Gasteiger partial charge in [0.05, 0.1) is 0 Å². The highest BCUT2D eigenvalue weighted by Crippen LogP contribution is 2.16. The van der Waals surface area contributed by atoms with Crippen LogP contribution in [0.4, 0.5) is 0 Å². The maximum atomic E-state index is 12.8. The number of Topliss-reactive ketones (excluding diaryl/α,β-unsaturated/α-hetero) is 1. The van der Waals surface area contributed by atoms with E-state index in [9.17, 15) is 4.79 Å². The highest BCUT2D eigenvalue weighted by molar-refractivity contribution is 6.10. The SMILES string of the molecule is CN1C/C(=C/C=C/C=C/c2ccccc2)C(=O)/C(=C/C=C/C=C/c2ccccc2)C1. The van der Waals surface area contributed by atoms with Gasteiger partial charge in [-0.3, -0.25) is 9.69 Å². The predicted octanol–water partition coefficient (Wildman–Crippen LogP) is 5.89. The second-order valence-corrected chi connectivity index (χ2v) is 7.19. The van der Waals surface area contributed by atoms with E-state index in [0.29, 0.717) is 13.1 Å². The molecule has 2 heteroatoms. The molecule has 1 aliphatic heterocycles. The molecule has 150 valence electrons. The minimum absolute atomic E-state index is 0.126. The third-order valence-corrected chi connectivity index (χ3v) is 4.68. The van der Waals surface area contributed by atoms with E-state index in [2.05, 4.69) is 29.2 Å². The van der Waals surface area contributed by atoms with Gasteiger partial charge in [0.2, 0.25) is 0 Å². The lowest BCUT2D eigenvalue weighted by molar-refractivity contribution is -0.113. The average molecular weight is 394 g/mol. The number of nitrogens with zero attached hydrogens (tertiary/aromatic N) is 1. The van der Waals surface area contributed by atoms with Gasteiger partial charge in [0.25, 0.3) is 0 Å². The smallest absolute Gasteiger partial charge is 0.187 e. The molecule has 0 atom stereocenters. The van der Waals surface area contributed by atoms with Crippen molar-refractivity contribution in [2.75, 3.05) is 20.1 Å². The summed E-state index contributed by atoms with van der Waals surface area (Å²) in [6, 6.07) is 20.3. The molecule has 0 saturated carbocycles. The van der Waals surface area contributed by atoms with Crippen molar-refractivity contribution in [1.29, 1.82) is 0 Å². The molecule has 0 aromatic heterocycles. The molecule has 1 aliphatic rings. The number of likely N-dealkylation sites (tertiary alicyclic amines) is 1. The van der Waals surface area contributed by atoms with Crippen LogP contribution >= 0.6 is 0 Å². The van der Waals surface area contributed by atoms with Crippen LogP contribution < -0.4 is 0 Å². The Morgan fingerprint density at radius 2 is 1.07 bits per heavy atom. The number of carbonyl (C=O) groups is 1. The Kier molecular flexibility index (Phi) is 8.13. The molecule has 2 nitrogen and oxygen atoms in total. The van der Waals surface area contributed by atoms with E-state index >= 15 is 0 Å². The van der Waals surface area contributed by atoms with Crippen molar-refractivity contribution in [3.63, 3.8) is 0 Å². The Labute approximate surface area is 179 Å². The molecule has 0 N–H and O–H groups in total. The van der Waals surface area contributed by atoms with E-state index in [1.165, 1.54) is 0 Å². The number of ketones is 1. The van der Waals surface area contributed by atoms with E-state index in [1.807, 2.05) is 104 Å². The topological polar surface area (TPSA) is 20.3 Å². The summed E-state index contributed by atoms with van der Waals surface area (Å²) in [5.74, 6) is 0.126. The van der Waals surface area contributed by atoms with Gasteiger partial charge in [-0.15, -0.1) is 0 Å². The molecule has 1 fully saturated rings. The zero-order valence-electron chi connectivity index (χ0n) is 17.3. The predicted molar refractivity (Wildman–Crippen MR) is 128 cm³/mol. The molecule has 0 aliphatic carbocycles. The van der Waals surface area contributed by atoms with Crippen LogP contribution in [0.2, 0.25) is 0 Å². The van der Waals surface area contributed by atoms with Crippen molar-refractivity contribution >= 4 is 17.9 Å². The lowest BCUT2D eigenvalue weighted by atomic mass is 9.97. The number of hydrogen-bond acceptors (Lipinski definition) is 2. The van der Waals surface area contributed by atoms with Crippen LogP contribution in [-0.4, -0.2) is 30.8 Å². The van der Waals surface area contributed by atoms with Crippen LogP contribution in [0, 0.1) is 0 Å². The van der Waals surface area contributed by atoms with Crippen molar-refractivity contribution in [2.45, 2.75) is 0 Å². The minimum atomic E-state index is 0.126. The maximum absolute atomic E-state index is 12.8. The Morgan fingerprint density at radius 1 is 0.633 bits per heavy atom. The van der Waals surface area contributed by atoms with E-state index in [-0.39, 0.29) is 5.78 Å². The Balaban J connectivity index is 1.61. The minimum Gasteiger partial charge on any atom is -0.298 e. The first-order valence-corrected chi connectivity index (χ1v) is 10.1. The molecule has 2 aromatic carbocycles. The normalized spacial score (nSPS) is 18.8. The fourth-order valence-electron chi connectivity index (χ4n) is 3.18. The molecule has 2 aromatic rings. The molecule has 0 bridgehead atoms. The highest BCUT2D eigenvalue weighted by Gasteiger charge is 2.22. The summed E-state index contributed by atoms with van der Waals surface area (Å²) in [4.78, 5) is 14.9. The molecule has 0 radical (unpaired) electrons. The molecular formula is C28H27NO. The van der Waals surface area contributed by atoms with Crippen molar-refractivity contribution in [3.8, 4) is 0 Å². The van der Waals surface area contributed by atoms with E-state index in [4.69, 9.17) is 0 Å². The second-order valence-electron chi connectivity index (χ2n) is 7.19. The van der Waals surface area contributed by atoms with Crippen LogP contribution in [0.3, 0.4) is 0 Å². The monoisotopic (exact) mass is 393 g/mol. The number of benzene rings is 2. The zero-order chi connectivity index (χ0) is 21.0. The first kappa shape index (κ1) is 21.2. The summed E-state index contributed by atoms with van der Waals surface area (Å²) in [5.41, 5.74) is 3.93. The summed E-state index contributed by atoms with van der Waals surface area (Å²) in [6.45, 7) is 1.33. The van der Waals surface area contributed by atoms with Gasteiger partial charge in [-0.05, 0) is 18.2 Å². The number of piperidine rings is 1. The molecule has 1 heterocycles. The van der Waals surface area contributed by atoms with Gasteiger partial charge >= 0.3 is 0 Å². The fraction of sp³-hybridized carbons (Fsp3) is 0.107. The van der Waals surface area contributed by atoms with E-state index in [0.717, 1.165) is 22.3 Å². The van der Waals surface area contributed by atoms with Gasteiger partial charge in [0.15, 0.2) is 5.78 Å². The highest BCUT2D eigenvalue weighted by atomic mass is 16.1. The van der Waals surface area contributed by atoms with Gasteiger partial charge in [-0.2, -0.15) is 0 Å². The average Bonchev–Trinajstić information content (AvgIpc) is 2.77. The van der Waals surface area contributed by atoms with Crippen molar-refractivity contribution in [1.82, 2.24) is 4.90 Å². The van der Waals surface area contributed by atoms with Crippen LogP contribution in [0.25, 0.3) is 12.2 Å². The zero-order valence-corrected chi connectivity index (χ0v) is 17.3. The number of hydrogen-bond donors (Lipinski definition) is 0. The number of allylic oxidation sites excluding steroid dienone is 8. The first-order chi connectivity index (χ1) is 14.7. The largest absolute Gasteiger partial charge is 0.298 e. The van der Waals surface area contributed by atoms with Crippen LogP contribution in [-0.2, 0) is 4.79 Å². The molecule has 3 rings (SSSR count).